The summed E-state index contributed by atoms with van der Waals surface area (Å²) >= 11 is 0. The lowest BCUT2D eigenvalue weighted by Gasteiger charge is -2.40. The van der Waals surface area contributed by atoms with Gasteiger partial charge in [0.1, 0.15) is 29.3 Å². The second kappa shape index (κ2) is 19.0. The number of piperidine rings is 1. The van der Waals surface area contributed by atoms with E-state index in [0.717, 1.165) is 48.6 Å². The van der Waals surface area contributed by atoms with Crippen molar-refractivity contribution >= 4 is 40.1 Å². The quantitative estimate of drug-likeness (QED) is 0.341. The maximum Gasteiger partial charge on any atom is 0.410 e. The molecule has 0 aromatic heterocycles. The van der Waals surface area contributed by atoms with E-state index in [4.69, 9.17) is 14.2 Å². The van der Waals surface area contributed by atoms with Gasteiger partial charge in [-0.2, -0.15) is 12.7 Å². The first-order chi connectivity index (χ1) is 29.1. The maximum absolute atomic E-state index is 14.7. The highest BCUT2D eigenvalue weighted by Gasteiger charge is 2.62. The highest BCUT2D eigenvalue weighted by atomic mass is 32.2. The third-order valence-electron chi connectivity index (χ3n) is 12.7. The molecule has 0 radical (unpaired) electrons. The van der Waals surface area contributed by atoms with Gasteiger partial charge in [0, 0.05) is 38.5 Å². The lowest BCUT2D eigenvalue weighted by atomic mass is 9.92. The zero-order valence-corrected chi connectivity index (χ0v) is 36.6. The smallest absolute Gasteiger partial charge is 0.410 e. The fourth-order valence-electron chi connectivity index (χ4n) is 9.34. The molecule has 5 heterocycles. The highest BCUT2D eigenvalue weighted by molar-refractivity contribution is 7.87. The lowest BCUT2D eigenvalue weighted by Crippen LogP contribution is -2.59. The van der Waals surface area contributed by atoms with Gasteiger partial charge < -0.3 is 34.6 Å². The standard InChI is InChI=1S/C43H63N7O10S/c1-42(2,3)60-40(54)44-34-17-9-6-4-5-8-15-31-27-43(31,39(53)46-61(56,57)48-22-24-58-25-23-48)45-37(51)35-26-32(28-50(35)38(34)52)59-41(55)49-21-18-30-14-10-11-16-33(30)36(49)29-47-19-12-7-13-20-47/h8,10-11,14-16,31-32,34-36H,4-7,9,12-13,17-29H2,1-3H3,(H,44,54)(H,45,51)(H,46,53)/b15-8-/t31-,32-,34+,35?,36-,43-/m1/s1. The number of ether oxygens (including phenoxy) is 3. The number of benzene rings is 1. The zero-order chi connectivity index (χ0) is 43.4. The fraction of sp³-hybridized carbons (Fsp3) is 0.698. The van der Waals surface area contributed by atoms with Crippen LogP contribution in [0.25, 0.3) is 0 Å². The molecule has 1 aromatic rings. The molecule has 4 fully saturated rings. The Balaban J connectivity index is 1.15. The Bertz CT molecular complexity index is 1930. The highest BCUT2D eigenvalue weighted by Crippen LogP contribution is 2.46. The molecule has 6 atom stereocenters. The molecule has 336 valence electrons. The van der Waals surface area contributed by atoms with Crippen molar-refractivity contribution in [1.82, 2.24) is 34.4 Å². The van der Waals surface area contributed by atoms with Gasteiger partial charge in [-0.3, -0.25) is 19.3 Å². The molecule has 6 aliphatic rings. The van der Waals surface area contributed by atoms with Crippen LogP contribution in [-0.4, -0.2) is 146 Å². The average molecular weight is 870 g/mol. The summed E-state index contributed by atoms with van der Waals surface area (Å²) < 4.78 is 47.1. The monoisotopic (exact) mass is 869 g/mol. The summed E-state index contributed by atoms with van der Waals surface area (Å²) in [7, 11) is -4.25. The Labute approximate surface area is 359 Å². The van der Waals surface area contributed by atoms with Crippen molar-refractivity contribution < 1.29 is 46.6 Å². The summed E-state index contributed by atoms with van der Waals surface area (Å²) in [6, 6.07) is 5.63. The topological polar surface area (TPSA) is 196 Å². The minimum Gasteiger partial charge on any atom is -0.444 e. The van der Waals surface area contributed by atoms with E-state index in [0.29, 0.717) is 32.4 Å². The minimum absolute atomic E-state index is 0.0754. The number of carbonyl (C=O) groups is 5. The van der Waals surface area contributed by atoms with Crippen LogP contribution in [0.1, 0.15) is 102 Å². The first-order valence-electron chi connectivity index (χ1n) is 22.1. The number of nitrogens with zero attached hydrogens (tertiary/aromatic N) is 4. The van der Waals surface area contributed by atoms with Crippen LogP contribution in [0.5, 0.6) is 0 Å². The van der Waals surface area contributed by atoms with E-state index in [1.165, 1.54) is 16.9 Å². The Kier molecular flexibility index (Phi) is 14.0. The number of hydrogen-bond acceptors (Lipinski definition) is 11. The van der Waals surface area contributed by atoms with Gasteiger partial charge in [0.15, 0.2) is 0 Å². The molecular weight excluding hydrogens is 807 g/mol. The van der Waals surface area contributed by atoms with Gasteiger partial charge in [-0.05, 0) is 89.9 Å². The summed E-state index contributed by atoms with van der Waals surface area (Å²) in [5.41, 5.74) is -0.170. The van der Waals surface area contributed by atoms with Crippen LogP contribution < -0.4 is 15.4 Å². The largest absolute Gasteiger partial charge is 0.444 e. The Morgan fingerprint density at radius 2 is 1.70 bits per heavy atom. The number of rotatable bonds is 7. The molecular formula is C43H63N7O10S. The number of carbonyl (C=O) groups excluding carboxylic acids is 5. The molecule has 0 bridgehead atoms. The van der Waals surface area contributed by atoms with Gasteiger partial charge in [0.25, 0.3) is 5.91 Å². The van der Waals surface area contributed by atoms with Crippen LogP contribution in [0, 0.1) is 5.92 Å². The van der Waals surface area contributed by atoms with Crippen LogP contribution in [0.4, 0.5) is 9.59 Å². The van der Waals surface area contributed by atoms with Gasteiger partial charge in [-0.25, -0.2) is 14.3 Å². The number of morpholine rings is 1. The van der Waals surface area contributed by atoms with Crippen LogP contribution in [0.15, 0.2) is 36.4 Å². The third-order valence-corrected chi connectivity index (χ3v) is 14.1. The molecule has 17 nitrogen and oxygen atoms in total. The average Bonchev–Trinajstić information content (AvgIpc) is 3.76. The summed E-state index contributed by atoms with van der Waals surface area (Å²) in [5.74, 6) is -2.61. The molecule has 3 N–H and O–H groups in total. The predicted molar refractivity (Wildman–Crippen MR) is 224 cm³/mol. The molecule has 3 saturated heterocycles. The Hall–Kier alpha value is -4.26. The van der Waals surface area contributed by atoms with Gasteiger partial charge in [0.2, 0.25) is 11.8 Å². The first-order valence-corrected chi connectivity index (χ1v) is 23.5. The van der Waals surface area contributed by atoms with Crippen LogP contribution >= 0.6 is 0 Å². The predicted octanol–water partition coefficient (Wildman–Crippen LogP) is 3.16. The van der Waals surface area contributed by atoms with Crippen molar-refractivity contribution in [3.05, 3.63) is 47.5 Å². The summed E-state index contributed by atoms with van der Waals surface area (Å²) in [5, 5.41) is 5.61. The molecule has 0 spiro atoms. The van der Waals surface area contributed by atoms with E-state index in [-0.39, 0.29) is 58.2 Å². The van der Waals surface area contributed by atoms with E-state index in [9.17, 15) is 32.4 Å². The van der Waals surface area contributed by atoms with E-state index in [1.807, 2.05) is 24.3 Å². The van der Waals surface area contributed by atoms with Crippen molar-refractivity contribution in [2.45, 2.75) is 127 Å². The minimum atomic E-state index is -4.25. The molecule has 5 aliphatic heterocycles. The van der Waals surface area contributed by atoms with E-state index >= 15 is 0 Å². The molecule has 1 aliphatic carbocycles. The summed E-state index contributed by atoms with van der Waals surface area (Å²) in [4.78, 5) is 76.2. The van der Waals surface area contributed by atoms with E-state index < -0.39 is 75.4 Å². The Morgan fingerprint density at radius 3 is 2.46 bits per heavy atom. The molecule has 18 heteroatoms. The van der Waals surface area contributed by atoms with Crippen LogP contribution in [-0.2, 0) is 45.2 Å². The van der Waals surface area contributed by atoms with Gasteiger partial charge >= 0.3 is 22.4 Å². The molecule has 1 unspecified atom stereocenters. The fourth-order valence-corrected chi connectivity index (χ4v) is 10.5. The van der Waals surface area contributed by atoms with Crippen molar-refractivity contribution in [2.75, 3.05) is 59.0 Å². The van der Waals surface area contributed by atoms with Crippen LogP contribution in [0.2, 0.25) is 0 Å². The van der Waals surface area contributed by atoms with Crippen molar-refractivity contribution in [3.8, 4) is 0 Å². The third kappa shape index (κ3) is 10.9. The van der Waals surface area contributed by atoms with Crippen molar-refractivity contribution in [1.29, 1.82) is 0 Å². The van der Waals surface area contributed by atoms with Gasteiger partial charge in [-0.1, -0.05) is 55.7 Å². The second-order valence-electron chi connectivity index (χ2n) is 18.3. The van der Waals surface area contributed by atoms with E-state index in [2.05, 4.69) is 32.4 Å². The number of hydrogen-bond donors (Lipinski definition) is 3. The number of nitrogens with one attached hydrogen (secondary N) is 3. The summed E-state index contributed by atoms with van der Waals surface area (Å²) in [6.45, 7) is 8.56. The normalized spacial score (nSPS) is 30.0. The number of likely N-dealkylation sites (tertiary alicyclic amines) is 1. The number of alkyl carbamates (subject to hydrolysis) is 1. The molecule has 7 rings (SSSR count). The summed E-state index contributed by atoms with van der Waals surface area (Å²) in [6.07, 6.45) is 8.67. The molecule has 61 heavy (non-hydrogen) atoms. The van der Waals surface area contributed by atoms with Crippen LogP contribution in [0.3, 0.4) is 0 Å². The SMILES string of the molecule is CC(C)(C)OC(=O)N[C@H]1CCCCC/C=C\[C@@H]2C[C@@]2(C(=O)NS(=O)(=O)N2CCOCC2)NC(=O)C2C[C@@H](OC(=O)N3CCc4ccccc4[C@H]3CN3CCCCC3)CN2C1=O. The van der Waals surface area contributed by atoms with Gasteiger partial charge in [0.05, 0.1) is 25.8 Å². The molecule has 1 saturated carbocycles. The van der Waals surface area contributed by atoms with Crippen molar-refractivity contribution in [2.24, 2.45) is 5.92 Å². The first kappa shape index (κ1) is 44.8. The number of allylic oxidation sites excluding steroid dienone is 1. The molecule has 5 amide bonds. The second-order valence-corrected chi connectivity index (χ2v) is 19.9. The number of amides is 5. The zero-order valence-electron chi connectivity index (χ0n) is 35.8. The van der Waals surface area contributed by atoms with E-state index in [1.54, 1.807) is 25.7 Å². The van der Waals surface area contributed by atoms with Crippen molar-refractivity contribution in [3.63, 3.8) is 0 Å². The van der Waals surface area contributed by atoms with Gasteiger partial charge in [-0.15, -0.1) is 0 Å². The number of fused-ring (bicyclic) bond motifs is 3. The lowest BCUT2D eigenvalue weighted by molar-refractivity contribution is -0.141. The molecule has 1 aromatic carbocycles. The maximum atomic E-state index is 14.7. The Morgan fingerprint density at radius 1 is 0.967 bits per heavy atom.